The third kappa shape index (κ3) is 4.80. The molecule has 0 aliphatic rings. The first-order chi connectivity index (χ1) is 13.6. The average molecular weight is 374 g/mol. The maximum atomic E-state index is 12.5. The van der Waals surface area contributed by atoms with Crippen molar-refractivity contribution >= 4 is 5.97 Å². The second-order valence-corrected chi connectivity index (χ2v) is 6.85. The highest BCUT2D eigenvalue weighted by Crippen LogP contribution is 2.31. The van der Waals surface area contributed by atoms with Crippen molar-refractivity contribution in [3.05, 3.63) is 89.5 Å². The molecule has 0 saturated carbocycles. The first-order valence-corrected chi connectivity index (χ1v) is 9.62. The molecule has 1 unspecified atom stereocenters. The van der Waals surface area contributed by atoms with Crippen LogP contribution < -0.4 is 4.74 Å². The van der Waals surface area contributed by atoms with E-state index < -0.39 is 6.10 Å². The number of ether oxygens (including phenoxy) is 2. The fraction of sp³-hybridized carbons (Fsp3) is 0.240. The zero-order valence-electron chi connectivity index (χ0n) is 16.6. The first kappa shape index (κ1) is 19.7. The maximum Gasteiger partial charge on any atom is 0.347 e. The van der Waals surface area contributed by atoms with E-state index in [0.717, 1.165) is 16.7 Å². The maximum absolute atomic E-state index is 12.5. The van der Waals surface area contributed by atoms with Crippen LogP contribution in [0.3, 0.4) is 0 Å². The number of rotatable bonds is 7. The number of benzene rings is 3. The lowest BCUT2D eigenvalue weighted by molar-refractivity contribution is -0.151. The van der Waals surface area contributed by atoms with Crippen LogP contribution in [-0.2, 0) is 16.0 Å². The molecule has 0 bridgehead atoms. The Morgan fingerprint density at radius 1 is 0.893 bits per heavy atom. The second kappa shape index (κ2) is 9.23. The normalized spacial score (nSPS) is 11.7. The van der Waals surface area contributed by atoms with Gasteiger partial charge in [-0.15, -0.1) is 0 Å². The molecule has 0 spiro atoms. The fourth-order valence-corrected chi connectivity index (χ4v) is 3.45. The van der Waals surface area contributed by atoms with Crippen molar-refractivity contribution in [2.75, 3.05) is 6.61 Å². The third-order valence-electron chi connectivity index (χ3n) is 4.66. The lowest BCUT2D eigenvalue weighted by Gasteiger charge is -2.20. The second-order valence-electron chi connectivity index (χ2n) is 6.85. The number of esters is 1. The van der Waals surface area contributed by atoms with Crippen LogP contribution in [0, 0.1) is 13.8 Å². The molecule has 0 heterocycles. The Labute approximate surface area is 166 Å². The third-order valence-corrected chi connectivity index (χ3v) is 4.66. The van der Waals surface area contributed by atoms with Crippen LogP contribution in [0.15, 0.2) is 72.8 Å². The van der Waals surface area contributed by atoms with Crippen molar-refractivity contribution in [3.8, 4) is 16.9 Å². The van der Waals surface area contributed by atoms with Crippen molar-refractivity contribution in [1.29, 1.82) is 0 Å². The molecule has 3 aromatic rings. The molecular formula is C25H26O3. The number of aryl methyl sites for hydroxylation is 2. The summed E-state index contributed by atoms with van der Waals surface area (Å²) in [5.74, 6) is 0.345. The summed E-state index contributed by atoms with van der Waals surface area (Å²) >= 11 is 0. The average Bonchev–Trinajstić information content (AvgIpc) is 2.69. The van der Waals surface area contributed by atoms with Crippen molar-refractivity contribution < 1.29 is 14.3 Å². The molecule has 0 saturated heterocycles. The van der Waals surface area contributed by atoms with Gasteiger partial charge in [-0.3, -0.25) is 0 Å². The van der Waals surface area contributed by atoms with Gasteiger partial charge in [0.05, 0.1) is 6.61 Å². The van der Waals surface area contributed by atoms with Gasteiger partial charge in [0.15, 0.2) is 6.10 Å². The summed E-state index contributed by atoms with van der Waals surface area (Å²) < 4.78 is 11.3. The predicted molar refractivity (Wildman–Crippen MR) is 113 cm³/mol. The molecule has 0 aromatic heterocycles. The number of hydrogen-bond acceptors (Lipinski definition) is 3. The monoisotopic (exact) mass is 374 g/mol. The summed E-state index contributed by atoms with van der Waals surface area (Å²) in [5, 5.41) is 0. The molecule has 3 aromatic carbocycles. The van der Waals surface area contributed by atoms with Gasteiger partial charge in [0, 0.05) is 6.42 Å². The molecule has 0 amide bonds. The zero-order chi connectivity index (χ0) is 19.9. The van der Waals surface area contributed by atoms with Crippen LogP contribution in [0.1, 0.15) is 23.6 Å². The number of hydrogen-bond donors (Lipinski definition) is 0. The van der Waals surface area contributed by atoms with E-state index in [-0.39, 0.29) is 5.97 Å². The largest absolute Gasteiger partial charge is 0.478 e. The van der Waals surface area contributed by atoms with Crippen LogP contribution in [0.5, 0.6) is 5.75 Å². The van der Waals surface area contributed by atoms with Crippen molar-refractivity contribution in [2.24, 2.45) is 0 Å². The van der Waals surface area contributed by atoms with Gasteiger partial charge >= 0.3 is 5.97 Å². The summed E-state index contributed by atoms with van der Waals surface area (Å²) in [4.78, 5) is 12.5. The highest BCUT2D eigenvalue weighted by Gasteiger charge is 2.23. The highest BCUT2D eigenvalue weighted by molar-refractivity contribution is 5.76. The van der Waals surface area contributed by atoms with Crippen LogP contribution in [0.4, 0.5) is 0 Å². The van der Waals surface area contributed by atoms with Crippen molar-refractivity contribution in [3.63, 3.8) is 0 Å². The molecule has 1 atom stereocenters. The minimum atomic E-state index is -0.677. The fourth-order valence-electron chi connectivity index (χ4n) is 3.45. The molecule has 144 valence electrons. The minimum Gasteiger partial charge on any atom is -0.478 e. The Morgan fingerprint density at radius 3 is 2.04 bits per heavy atom. The number of carbonyl (C=O) groups is 1. The molecule has 0 fully saturated rings. The quantitative estimate of drug-likeness (QED) is 0.511. The van der Waals surface area contributed by atoms with E-state index in [4.69, 9.17) is 9.47 Å². The van der Waals surface area contributed by atoms with E-state index in [0.29, 0.717) is 18.8 Å². The van der Waals surface area contributed by atoms with E-state index >= 15 is 0 Å². The summed E-state index contributed by atoms with van der Waals surface area (Å²) in [6.45, 7) is 6.27. The molecular weight excluding hydrogens is 348 g/mol. The molecule has 3 heteroatoms. The standard InChI is InChI=1S/C25H26O3/c1-4-27-25(26)23(17-20-11-7-5-8-12-20)28-22-15-18(2)24(19(3)16-22)21-13-9-6-10-14-21/h5-16,23H,4,17H2,1-3H3. The lowest BCUT2D eigenvalue weighted by atomic mass is 9.95. The Morgan fingerprint density at radius 2 is 1.46 bits per heavy atom. The van der Waals surface area contributed by atoms with Gasteiger partial charge in [-0.25, -0.2) is 4.79 Å². The number of carbonyl (C=O) groups excluding carboxylic acids is 1. The summed E-state index contributed by atoms with van der Waals surface area (Å²) in [6, 6.07) is 24.1. The van der Waals surface area contributed by atoms with Gasteiger partial charge < -0.3 is 9.47 Å². The Hall–Kier alpha value is -3.07. The van der Waals surface area contributed by atoms with Gasteiger partial charge in [-0.1, -0.05) is 60.7 Å². The van der Waals surface area contributed by atoms with E-state index in [1.54, 1.807) is 6.92 Å². The van der Waals surface area contributed by atoms with E-state index in [9.17, 15) is 4.79 Å². The topological polar surface area (TPSA) is 35.5 Å². The van der Waals surface area contributed by atoms with E-state index in [2.05, 4.69) is 26.0 Å². The SMILES string of the molecule is CCOC(=O)C(Cc1ccccc1)Oc1cc(C)c(-c2ccccc2)c(C)c1. The van der Waals surface area contributed by atoms with Crippen LogP contribution in [0.2, 0.25) is 0 Å². The molecule has 3 rings (SSSR count). The zero-order valence-corrected chi connectivity index (χ0v) is 16.6. The van der Waals surface area contributed by atoms with Gasteiger partial charge in [-0.2, -0.15) is 0 Å². The molecule has 0 aliphatic heterocycles. The van der Waals surface area contributed by atoms with Gasteiger partial charge in [-0.05, 0) is 60.7 Å². The summed E-state index contributed by atoms with van der Waals surface area (Å²) in [7, 11) is 0. The van der Waals surface area contributed by atoms with Gasteiger partial charge in [0.2, 0.25) is 0 Å². The molecule has 3 nitrogen and oxygen atoms in total. The Balaban J connectivity index is 1.87. The molecule has 0 N–H and O–H groups in total. The van der Waals surface area contributed by atoms with Crippen LogP contribution >= 0.6 is 0 Å². The minimum absolute atomic E-state index is 0.332. The first-order valence-electron chi connectivity index (χ1n) is 9.62. The Bertz CT molecular complexity index is 894. The lowest BCUT2D eigenvalue weighted by Crippen LogP contribution is -2.31. The van der Waals surface area contributed by atoms with Gasteiger partial charge in [0.1, 0.15) is 5.75 Å². The highest BCUT2D eigenvalue weighted by atomic mass is 16.6. The predicted octanol–water partition coefficient (Wildman–Crippen LogP) is 5.52. The Kier molecular flexibility index (Phi) is 6.49. The van der Waals surface area contributed by atoms with Crippen molar-refractivity contribution in [2.45, 2.75) is 33.3 Å². The summed E-state index contributed by atoms with van der Waals surface area (Å²) in [6.07, 6.45) is -0.207. The molecule has 0 radical (unpaired) electrons. The van der Waals surface area contributed by atoms with E-state index in [1.807, 2.05) is 60.7 Å². The van der Waals surface area contributed by atoms with Crippen molar-refractivity contribution in [1.82, 2.24) is 0 Å². The molecule has 28 heavy (non-hydrogen) atoms. The van der Waals surface area contributed by atoms with Crippen LogP contribution in [0.25, 0.3) is 11.1 Å². The smallest absolute Gasteiger partial charge is 0.347 e. The van der Waals surface area contributed by atoms with E-state index in [1.165, 1.54) is 11.1 Å². The molecule has 0 aliphatic carbocycles. The van der Waals surface area contributed by atoms with Gasteiger partial charge in [0.25, 0.3) is 0 Å². The van der Waals surface area contributed by atoms with Crippen LogP contribution in [-0.4, -0.2) is 18.7 Å². The summed E-state index contributed by atoms with van der Waals surface area (Å²) in [5.41, 5.74) is 5.64.